The van der Waals surface area contributed by atoms with Gasteiger partial charge in [-0.2, -0.15) is 13.2 Å². The van der Waals surface area contributed by atoms with Gasteiger partial charge in [0.15, 0.2) is 28.2 Å². The van der Waals surface area contributed by atoms with E-state index in [-0.39, 0.29) is 35.4 Å². The number of alkyl halides is 5. The molecule has 1 amide bonds. The smallest absolute Gasteiger partial charge is 0.382 e. The molecule has 2 atom stereocenters. The molecule has 0 radical (unpaired) electrons. The molecule has 0 saturated carbocycles. The van der Waals surface area contributed by atoms with Gasteiger partial charge in [0.25, 0.3) is 11.8 Å². The standard InChI is InChI=1S/C24H28F5N7O6S/c1-5-13-19(35-42-34-13)20(39)32-15(9-41-22(2,3)24(27,28)29)14(7-37)33-21-30-6-17(43-21)16(10-40-4)36-12-23(25,26)11-31-18(36)8-38/h6,15-16,31H,5,9-12H2,1-4H3,(H,30,33)(H,32,39)/t15-,16-/m1/s1. The van der Waals surface area contributed by atoms with Gasteiger partial charge in [0.1, 0.15) is 23.4 Å². The summed E-state index contributed by atoms with van der Waals surface area (Å²) < 4.78 is 83.5. The molecule has 236 valence electrons. The lowest BCUT2D eigenvalue weighted by atomic mass is 10.1. The zero-order valence-corrected chi connectivity index (χ0v) is 24.1. The van der Waals surface area contributed by atoms with Crippen LogP contribution in [0.1, 0.15) is 47.9 Å². The molecule has 1 aliphatic rings. The molecule has 3 heterocycles. The number of aryl methyl sites for hydroxylation is 1. The van der Waals surface area contributed by atoms with E-state index in [1.165, 1.54) is 13.3 Å². The molecule has 0 bridgehead atoms. The van der Waals surface area contributed by atoms with E-state index in [1.807, 2.05) is 0 Å². The topological polar surface area (TPSA) is 161 Å². The van der Waals surface area contributed by atoms with Gasteiger partial charge in [0.2, 0.25) is 0 Å². The average molecular weight is 638 g/mol. The highest BCUT2D eigenvalue weighted by atomic mass is 32.1. The van der Waals surface area contributed by atoms with E-state index in [0.29, 0.717) is 4.88 Å². The van der Waals surface area contributed by atoms with E-state index in [9.17, 15) is 36.3 Å². The first-order valence-corrected chi connectivity index (χ1v) is 13.4. The first-order chi connectivity index (χ1) is 20.2. The lowest BCUT2D eigenvalue weighted by Crippen LogP contribution is -2.53. The Hall–Kier alpha value is -3.89. The van der Waals surface area contributed by atoms with Crippen molar-refractivity contribution in [3.05, 3.63) is 34.0 Å². The summed E-state index contributed by atoms with van der Waals surface area (Å²) in [5.41, 5.74) is -3.22. The molecule has 0 unspecified atom stereocenters. The van der Waals surface area contributed by atoms with Gasteiger partial charge in [0, 0.05) is 13.3 Å². The highest BCUT2D eigenvalue weighted by Gasteiger charge is 2.49. The Morgan fingerprint density at radius 1 is 1.28 bits per heavy atom. The zero-order chi connectivity index (χ0) is 32.0. The number of hydrogen-bond donors (Lipinski definition) is 3. The molecule has 2 aromatic heterocycles. The second-order valence-corrected chi connectivity index (χ2v) is 10.8. The fourth-order valence-corrected chi connectivity index (χ4v) is 4.68. The minimum absolute atomic E-state index is 0.0190. The summed E-state index contributed by atoms with van der Waals surface area (Å²) in [6, 6.07) is -2.46. The van der Waals surface area contributed by atoms with Gasteiger partial charge in [-0.15, -0.1) is 0 Å². The van der Waals surface area contributed by atoms with Gasteiger partial charge in [-0.05, 0) is 25.4 Å². The molecule has 0 aromatic carbocycles. The van der Waals surface area contributed by atoms with Crippen molar-refractivity contribution in [2.24, 2.45) is 0 Å². The number of nitrogens with one attached hydrogen (secondary N) is 3. The van der Waals surface area contributed by atoms with Crippen LogP contribution in [0, 0.1) is 0 Å². The van der Waals surface area contributed by atoms with Crippen LogP contribution in [0.2, 0.25) is 0 Å². The number of rotatable bonds is 13. The number of hydrogen-bond acceptors (Lipinski definition) is 13. The van der Waals surface area contributed by atoms with E-state index in [2.05, 4.69) is 35.9 Å². The fourth-order valence-electron chi connectivity index (χ4n) is 3.75. The monoisotopic (exact) mass is 637 g/mol. The maximum absolute atomic E-state index is 14.2. The van der Waals surface area contributed by atoms with Crippen LogP contribution >= 0.6 is 11.3 Å². The largest absolute Gasteiger partial charge is 0.416 e. The van der Waals surface area contributed by atoms with E-state index in [4.69, 9.17) is 9.47 Å². The number of ether oxygens (including phenoxy) is 2. The molecular formula is C24H28F5N7O6S. The van der Waals surface area contributed by atoms with Crippen molar-refractivity contribution in [2.75, 3.05) is 38.7 Å². The van der Waals surface area contributed by atoms with Crippen LogP contribution in [0.15, 0.2) is 22.3 Å². The Labute approximate surface area is 245 Å². The second-order valence-electron chi connectivity index (χ2n) is 9.73. The molecule has 2 aromatic rings. The highest BCUT2D eigenvalue weighted by molar-refractivity contribution is 7.15. The van der Waals surface area contributed by atoms with Crippen LogP contribution in [-0.4, -0.2) is 95.1 Å². The molecule has 3 N–H and O–H groups in total. The van der Waals surface area contributed by atoms with Crippen LogP contribution in [-0.2, 0) is 25.5 Å². The first-order valence-electron chi connectivity index (χ1n) is 12.6. The molecule has 0 spiro atoms. The second kappa shape index (κ2) is 13.6. The maximum Gasteiger partial charge on any atom is 0.416 e. The molecule has 43 heavy (non-hydrogen) atoms. The lowest BCUT2D eigenvalue weighted by molar-refractivity contribution is -0.264. The minimum Gasteiger partial charge on any atom is -0.382 e. The fraction of sp³-hybridized carbons (Fsp3) is 0.583. The average Bonchev–Trinajstić information content (AvgIpc) is 3.61. The molecule has 13 nitrogen and oxygen atoms in total. The van der Waals surface area contributed by atoms with Crippen LogP contribution in [0.4, 0.5) is 27.1 Å². The number of amides is 1. The van der Waals surface area contributed by atoms with E-state index in [1.54, 1.807) is 18.8 Å². The Bertz CT molecular complexity index is 1380. The molecule has 3 rings (SSSR count). The van der Waals surface area contributed by atoms with Crippen LogP contribution < -0.4 is 16.0 Å². The highest BCUT2D eigenvalue weighted by Crippen LogP contribution is 2.35. The van der Waals surface area contributed by atoms with Gasteiger partial charge >= 0.3 is 6.18 Å². The molecular weight excluding hydrogens is 609 g/mol. The van der Waals surface area contributed by atoms with Crippen molar-refractivity contribution in [3.63, 3.8) is 0 Å². The molecule has 19 heteroatoms. The quantitative estimate of drug-likeness (QED) is 0.218. The maximum atomic E-state index is 14.2. The number of thiazole rings is 1. The van der Waals surface area contributed by atoms with Crippen LogP contribution in [0.25, 0.3) is 0 Å². The third-order valence-electron chi connectivity index (χ3n) is 6.26. The van der Waals surface area contributed by atoms with E-state index in [0.717, 1.165) is 30.1 Å². The Balaban J connectivity index is 1.88. The number of anilines is 1. The van der Waals surface area contributed by atoms with Gasteiger partial charge in [-0.25, -0.2) is 28.0 Å². The summed E-state index contributed by atoms with van der Waals surface area (Å²) >= 11 is 0.869. The van der Waals surface area contributed by atoms with Crippen molar-refractivity contribution in [2.45, 2.75) is 57.0 Å². The first kappa shape index (κ1) is 33.6. The minimum atomic E-state index is -4.79. The predicted molar refractivity (Wildman–Crippen MR) is 139 cm³/mol. The van der Waals surface area contributed by atoms with E-state index >= 15 is 0 Å². The molecule has 0 aliphatic carbocycles. The number of aromatic nitrogens is 3. The van der Waals surface area contributed by atoms with Crippen LogP contribution in [0.5, 0.6) is 0 Å². The summed E-state index contributed by atoms with van der Waals surface area (Å²) in [7, 11) is 1.32. The van der Waals surface area contributed by atoms with Crippen molar-refractivity contribution < 1.29 is 50.4 Å². The van der Waals surface area contributed by atoms with Crippen molar-refractivity contribution in [1.29, 1.82) is 0 Å². The molecule has 1 fully saturated rings. The Kier molecular flexibility index (Phi) is 10.6. The van der Waals surface area contributed by atoms with Crippen molar-refractivity contribution in [1.82, 2.24) is 30.8 Å². The molecule has 1 saturated heterocycles. The summed E-state index contributed by atoms with van der Waals surface area (Å²) in [6.45, 7) is 0.624. The predicted octanol–water partition coefficient (Wildman–Crippen LogP) is 2.27. The van der Waals surface area contributed by atoms with Crippen LogP contribution in [0.3, 0.4) is 0 Å². The molecule has 1 aliphatic heterocycles. The van der Waals surface area contributed by atoms with Gasteiger partial charge in [-0.3, -0.25) is 4.79 Å². The Morgan fingerprint density at radius 3 is 2.60 bits per heavy atom. The lowest BCUT2D eigenvalue weighted by Gasteiger charge is -2.39. The zero-order valence-electron chi connectivity index (χ0n) is 23.3. The summed E-state index contributed by atoms with van der Waals surface area (Å²) in [4.78, 5) is 41.8. The summed E-state index contributed by atoms with van der Waals surface area (Å²) in [5.74, 6) is -1.18. The van der Waals surface area contributed by atoms with Gasteiger partial charge < -0.3 is 30.3 Å². The summed E-state index contributed by atoms with van der Waals surface area (Å²) in [6.07, 6.45) is -3.27. The van der Waals surface area contributed by atoms with E-state index < -0.39 is 61.1 Å². The normalized spacial score (nSPS) is 16.5. The number of halogens is 5. The van der Waals surface area contributed by atoms with Crippen molar-refractivity contribution in [3.8, 4) is 0 Å². The van der Waals surface area contributed by atoms with Crippen molar-refractivity contribution >= 4 is 34.3 Å². The number of carbonyl (C=O) groups excluding carboxylic acids is 3. The third-order valence-corrected chi connectivity index (χ3v) is 7.27. The SMILES string of the molecule is CCc1nonc1C(=O)N[C@H](COC(C)(C)C(F)(F)F)C(=C=O)Nc1ncc([C@@H](COC)N2CC(F)(F)CNC2=C=O)s1. The van der Waals surface area contributed by atoms with Gasteiger partial charge in [-0.1, -0.05) is 23.4 Å². The summed E-state index contributed by atoms with van der Waals surface area (Å²) in [5, 5.41) is 14.4. The Morgan fingerprint density at radius 2 is 2.00 bits per heavy atom. The third kappa shape index (κ3) is 8.14. The number of methoxy groups -OCH3 is 1. The van der Waals surface area contributed by atoms with Gasteiger partial charge in [0.05, 0.1) is 37.2 Å². The number of nitrogens with zero attached hydrogens (tertiary/aromatic N) is 4. The number of carbonyl (C=O) groups is 1.